The molecule has 4 rings (SSSR count). The standard InChI is InChI=1S/C23H30N4OS/c1-17-12-14-27(15-13-17)22-11-10-21(25-26-22)18-6-8-19(9-7-18)24-23(28)16-29-20-4-2-3-5-20/h6-11,17,20H,2-5,12-16H2,1H3,(H,24,28). The van der Waals surface area contributed by atoms with Crippen molar-refractivity contribution in [2.75, 3.05) is 29.1 Å². The number of nitrogens with one attached hydrogen (secondary N) is 1. The lowest BCUT2D eigenvalue weighted by Gasteiger charge is -2.30. The van der Waals surface area contributed by atoms with E-state index in [0.29, 0.717) is 11.0 Å². The number of piperidine rings is 1. The molecule has 0 radical (unpaired) electrons. The van der Waals surface area contributed by atoms with Crippen molar-refractivity contribution in [3.05, 3.63) is 36.4 Å². The van der Waals surface area contributed by atoms with E-state index in [1.807, 2.05) is 30.3 Å². The lowest BCUT2D eigenvalue weighted by Crippen LogP contribution is -2.33. The van der Waals surface area contributed by atoms with Crippen molar-refractivity contribution >= 4 is 29.2 Å². The van der Waals surface area contributed by atoms with Crippen molar-refractivity contribution in [3.63, 3.8) is 0 Å². The lowest BCUT2D eigenvalue weighted by atomic mass is 9.99. The van der Waals surface area contributed by atoms with Crippen LogP contribution in [-0.4, -0.2) is 40.2 Å². The Morgan fingerprint density at radius 3 is 2.41 bits per heavy atom. The second-order valence-electron chi connectivity index (χ2n) is 8.29. The second-order valence-corrected chi connectivity index (χ2v) is 9.58. The molecule has 0 atom stereocenters. The largest absolute Gasteiger partial charge is 0.355 e. The average Bonchev–Trinajstić information content (AvgIpc) is 3.27. The van der Waals surface area contributed by atoms with E-state index in [0.717, 1.165) is 41.8 Å². The van der Waals surface area contributed by atoms with Crippen molar-refractivity contribution < 1.29 is 4.79 Å². The van der Waals surface area contributed by atoms with E-state index in [1.165, 1.54) is 38.5 Å². The Kier molecular flexibility index (Phi) is 6.70. The minimum Gasteiger partial charge on any atom is -0.355 e. The quantitative estimate of drug-likeness (QED) is 0.727. The van der Waals surface area contributed by atoms with Crippen LogP contribution in [-0.2, 0) is 4.79 Å². The number of carbonyl (C=O) groups excluding carboxylic acids is 1. The molecule has 2 aromatic rings. The number of anilines is 2. The predicted molar refractivity (Wildman–Crippen MR) is 121 cm³/mol. The number of benzene rings is 1. The zero-order valence-corrected chi connectivity index (χ0v) is 18.0. The summed E-state index contributed by atoms with van der Waals surface area (Å²) in [5, 5.41) is 12.5. The maximum Gasteiger partial charge on any atom is 0.234 e. The van der Waals surface area contributed by atoms with Crippen molar-refractivity contribution in [3.8, 4) is 11.3 Å². The van der Waals surface area contributed by atoms with Crippen LogP contribution in [0.25, 0.3) is 11.3 Å². The van der Waals surface area contributed by atoms with Gasteiger partial charge < -0.3 is 10.2 Å². The summed E-state index contributed by atoms with van der Waals surface area (Å²) >= 11 is 1.79. The SMILES string of the molecule is CC1CCN(c2ccc(-c3ccc(NC(=O)CSC4CCCC4)cc3)nn2)CC1. The molecule has 1 saturated carbocycles. The van der Waals surface area contributed by atoms with Crippen molar-refractivity contribution in [1.82, 2.24) is 10.2 Å². The van der Waals surface area contributed by atoms with Crippen LogP contribution in [0.3, 0.4) is 0 Å². The lowest BCUT2D eigenvalue weighted by molar-refractivity contribution is -0.113. The van der Waals surface area contributed by atoms with Gasteiger partial charge in [-0.15, -0.1) is 22.0 Å². The topological polar surface area (TPSA) is 58.1 Å². The predicted octanol–water partition coefficient (Wildman–Crippen LogP) is 4.99. The molecule has 1 aromatic carbocycles. The molecule has 2 heterocycles. The van der Waals surface area contributed by atoms with Gasteiger partial charge in [0, 0.05) is 29.6 Å². The Balaban J connectivity index is 1.30. The molecule has 29 heavy (non-hydrogen) atoms. The minimum atomic E-state index is 0.0784. The molecule has 2 fully saturated rings. The molecule has 2 aliphatic rings. The van der Waals surface area contributed by atoms with E-state index in [-0.39, 0.29) is 5.91 Å². The number of hydrogen-bond acceptors (Lipinski definition) is 5. The number of rotatable bonds is 6. The Labute approximate surface area is 177 Å². The first-order valence-electron chi connectivity index (χ1n) is 10.8. The Hall–Kier alpha value is -2.08. The molecule has 1 N–H and O–H groups in total. The number of carbonyl (C=O) groups is 1. The zero-order chi connectivity index (χ0) is 20.1. The smallest absolute Gasteiger partial charge is 0.234 e. The Morgan fingerprint density at radius 1 is 1.03 bits per heavy atom. The maximum absolute atomic E-state index is 12.2. The highest BCUT2D eigenvalue weighted by molar-refractivity contribution is 8.00. The van der Waals surface area contributed by atoms with E-state index in [9.17, 15) is 4.79 Å². The van der Waals surface area contributed by atoms with Gasteiger partial charge in [0.2, 0.25) is 5.91 Å². The summed E-state index contributed by atoms with van der Waals surface area (Å²) in [6, 6.07) is 12.0. The highest BCUT2D eigenvalue weighted by atomic mass is 32.2. The summed E-state index contributed by atoms with van der Waals surface area (Å²) < 4.78 is 0. The summed E-state index contributed by atoms with van der Waals surface area (Å²) in [5.74, 6) is 2.38. The first-order chi connectivity index (χ1) is 14.2. The van der Waals surface area contributed by atoms with Gasteiger partial charge in [-0.2, -0.15) is 0 Å². The molecule has 0 unspecified atom stereocenters. The van der Waals surface area contributed by atoms with E-state index >= 15 is 0 Å². The molecule has 1 amide bonds. The minimum absolute atomic E-state index is 0.0784. The number of thioether (sulfide) groups is 1. The summed E-state index contributed by atoms with van der Waals surface area (Å²) in [4.78, 5) is 14.5. The van der Waals surface area contributed by atoms with Crippen LogP contribution in [0.4, 0.5) is 11.5 Å². The van der Waals surface area contributed by atoms with Gasteiger partial charge in [-0.3, -0.25) is 4.79 Å². The van der Waals surface area contributed by atoms with Crippen LogP contribution in [0.1, 0.15) is 45.4 Å². The van der Waals surface area contributed by atoms with Crippen LogP contribution in [0.5, 0.6) is 0 Å². The molecule has 0 spiro atoms. The molecule has 6 heteroatoms. The number of nitrogens with zero attached hydrogens (tertiary/aromatic N) is 3. The molecule has 1 aromatic heterocycles. The summed E-state index contributed by atoms with van der Waals surface area (Å²) in [6.45, 7) is 4.43. The number of hydrogen-bond donors (Lipinski definition) is 1. The van der Waals surface area contributed by atoms with Gasteiger partial charge in [-0.25, -0.2) is 0 Å². The Bertz CT molecular complexity index is 795. The molecular weight excluding hydrogens is 380 g/mol. The van der Waals surface area contributed by atoms with Gasteiger partial charge >= 0.3 is 0 Å². The van der Waals surface area contributed by atoms with Gasteiger partial charge in [0.25, 0.3) is 0 Å². The molecule has 1 saturated heterocycles. The van der Waals surface area contributed by atoms with Crippen LogP contribution in [0.15, 0.2) is 36.4 Å². The Morgan fingerprint density at radius 2 is 1.76 bits per heavy atom. The highest BCUT2D eigenvalue weighted by Gasteiger charge is 2.18. The maximum atomic E-state index is 12.2. The fraction of sp³-hybridized carbons (Fsp3) is 0.522. The van der Waals surface area contributed by atoms with Crippen LogP contribution in [0.2, 0.25) is 0 Å². The van der Waals surface area contributed by atoms with E-state index in [1.54, 1.807) is 11.8 Å². The van der Waals surface area contributed by atoms with E-state index in [2.05, 4.69) is 33.4 Å². The van der Waals surface area contributed by atoms with Crippen LogP contribution >= 0.6 is 11.8 Å². The van der Waals surface area contributed by atoms with Gasteiger partial charge in [-0.05, 0) is 55.9 Å². The van der Waals surface area contributed by atoms with Crippen molar-refractivity contribution in [1.29, 1.82) is 0 Å². The fourth-order valence-corrected chi connectivity index (χ4v) is 5.18. The van der Waals surface area contributed by atoms with Gasteiger partial charge in [0.05, 0.1) is 11.4 Å². The third-order valence-corrected chi connectivity index (χ3v) is 7.35. The summed E-state index contributed by atoms with van der Waals surface area (Å²) in [6.07, 6.45) is 7.56. The van der Waals surface area contributed by atoms with Crippen molar-refractivity contribution in [2.45, 2.75) is 50.7 Å². The van der Waals surface area contributed by atoms with E-state index < -0.39 is 0 Å². The monoisotopic (exact) mass is 410 g/mol. The number of aromatic nitrogens is 2. The van der Waals surface area contributed by atoms with Gasteiger partial charge in [0.1, 0.15) is 0 Å². The molecular formula is C23H30N4OS. The average molecular weight is 411 g/mol. The van der Waals surface area contributed by atoms with E-state index in [4.69, 9.17) is 0 Å². The number of amides is 1. The van der Waals surface area contributed by atoms with Gasteiger partial charge in [-0.1, -0.05) is 31.9 Å². The first-order valence-corrected chi connectivity index (χ1v) is 11.8. The third kappa shape index (κ3) is 5.50. The van der Waals surface area contributed by atoms with Crippen LogP contribution < -0.4 is 10.2 Å². The van der Waals surface area contributed by atoms with Crippen LogP contribution in [0, 0.1) is 5.92 Å². The van der Waals surface area contributed by atoms with Gasteiger partial charge in [0.15, 0.2) is 5.82 Å². The molecule has 5 nitrogen and oxygen atoms in total. The molecule has 0 bridgehead atoms. The fourth-order valence-electron chi connectivity index (χ4n) is 4.06. The summed E-state index contributed by atoms with van der Waals surface area (Å²) in [7, 11) is 0. The normalized spacial score (nSPS) is 18.2. The molecule has 1 aliphatic heterocycles. The zero-order valence-electron chi connectivity index (χ0n) is 17.1. The highest BCUT2D eigenvalue weighted by Crippen LogP contribution is 2.29. The first kappa shape index (κ1) is 20.2. The van der Waals surface area contributed by atoms with Crippen molar-refractivity contribution in [2.24, 2.45) is 5.92 Å². The molecule has 1 aliphatic carbocycles. The third-order valence-electron chi connectivity index (χ3n) is 5.97. The molecule has 154 valence electrons. The second kappa shape index (κ2) is 9.61. The summed E-state index contributed by atoms with van der Waals surface area (Å²) in [5.41, 5.74) is 2.70.